The minimum Gasteiger partial charge on any atom is -0.454 e. The number of anilines is 1. The van der Waals surface area contributed by atoms with Gasteiger partial charge in [-0.25, -0.2) is 4.79 Å². The average Bonchev–Trinajstić information content (AvgIpc) is 3.34. The number of rotatable bonds is 8. The van der Waals surface area contributed by atoms with Crippen LogP contribution >= 0.6 is 11.6 Å². The quantitative estimate of drug-likeness (QED) is 0.233. The molecule has 5 aromatic rings. The topological polar surface area (TPSA) is 100 Å². The van der Waals surface area contributed by atoms with Crippen molar-refractivity contribution in [1.82, 2.24) is 10.3 Å². The summed E-state index contributed by atoms with van der Waals surface area (Å²) in [4.78, 5) is 41.8. The van der Waals surface area contributed by atoms with Crippen LogP contribution in [0.4, 0.5) is 5.69 Å². The Morgan fingerprint density at radius 1 is 0.868 bits per heavy atom. The second-order valence-electron chi connectivity index (χ2n) is 8.79. The maximum absolute atomic E-state index is 13.1. The van der Waals surface area contributed by atoms with E-state index in [1.54, 1.807) is 36.5 Å². The van der Waals surface area contributed by atoms with Gasteiger partial charge in [0.2, 0.25) is 0 Å². The number of ether oxygens (including phenoxy) is 1. The molecule has 0 saturated heterocycles. The van der Waals surface area contributed by atoms with Gasteiger partial charge in [0.15, 0.2) is 6.61 Å². The van der Waals surface area contributed by atoms with Crippen molar-refractivity contribution in [2.75, 3.05) is 11.9 Å². The summed E-state index contributed by atoms with van der Waals surface area (Å²) in [5.74, 6) is -1.74. The molecule has 7 nitrogen and oxygen atoms in total. The maximum Gasteiger partial charge on any atom is 0.329 e. The first-order valence-corrected chi connectivity index (χ1v) is 12.4. The first-order chi connectivity index (χ1) is 18.5. The van der Waals surface area contributed by atoms with Crippen molar-refractivity contribution >= 4 is 56.7 Å². The normalized spacial score (nSPS) is 11.7. The number of hydrogen-bond donors (Lipinski definition) is 3. The Morgan fingerprint density at radius 3 is 2.45 bits per heavy atom. The predicted octanol–water partition coefficient (Wildman–Crippen LogP) is 5.50. The molecule has 0 spiro atoms. The number of carbonyl (C=O) groups is 3. The molecule has 1 heterocycles. The van der Waals surface area contributed by atoms with E-state index in [9.17, 15) is 14.4 Å². The number of halogens is 1. The second-order valence-corrected chi connectivity index (χ2v) is 9.19. The number of nitrogens with one attached hydrogen (secondary N) is 3. The molecule has 5 rings (SSSR count). The van der Waals surface area contributed by atoms with Crippen LogP contribution in [0.2, 0.25) is 5.02 Å². The zero-order valence-electron chi connectivity index (χ0n) is 20.2. The maximum atomic E-state index is 13.1. The number of carbonyl (C=O) groups excluding carboxylic acids is 3. The van der Waals surface area contributed by atoms with Gasteiger partial charge in [0, 0.05) is 29.2 Å². The van der Waals surface area contributed by atoms with Gasteiger partial charge in [-0.2, -0.15) is 0 Å². The van der Waals surface area contributed by atoms with Crippen molar-refractivity contribution in [1.29, 1.82) is 0 Å². The average molecular weight is 526 g/mol. The number of para-hydroxylation sites is 1. The molecule has 0 radical (unpaired) electrons. The third-order valence-electron chi connectivity index (χ3n) is 6.19. The third kappa shape index (κ3) is 5.68. The molecule has 0 saturated carbocycles. The van der Waals surface area contributed by atoms with Crippen LogP contribution < -0.4 is 10.6 Å². The molecule has 0 aliphatic carbocycles. The number of benzene rings is 4. The number of H-pyrrole nitrogens is 1. The van der Waals surface area contributed by atoms with E-state index >= 15 is 0 Å². The summed E-state index contributed by atoms with van der Waals surface area (Å²) >= 11 is 6.18. The Labute approximate surface area is 223 Å². The van der Waals surface area contributed by atoms with Crippen LogP contribution in [0.5, 0.6) is 0 Å². The van der Waals surface area contributed by atoms with E-state index < -0.39 is 30.4 Å². The summed E-state index contributed by atoms with van der Waals surface area (Å²) in [6.45, 7) is -0.502. The van der Waals surface area contributed by atoms with Gasteiger partial charge in [0.05, 0.1) is 10.6 Å². The van der Waals surface area contributed by atoms with E-state index in [0.29, 0.717) is 5.69 Å². The van der Waals surface area contributed by atoms with Gasteiger partial charge < -0.3 is 20.4 Å². The van der Waals surface area contributed by atoms with Crippen molar-refractivity contribution in [3.8, 4) is 0 Å². The van der Waals surface area contributed by atoms with E-state index in [1.807, 2.05) is 60.7 Å². The zero-order chi connectivity index (χ0) is 26.5. The molecule has 0 bridgehead atoms. The second kappa shape index (κ2) is 11.2. The first-order valence-electron chi connectivity index (χ1n) is 12.0. The Hall–Kier alpha value is -4.62. The highest BCUT2D eigenvalue weighted by Gasteiger charge is 2.26. The highest BCUT2D eigenvalue weighted by Crippen LogP contribution is 2.21. The van der Waals surface area contributed by atoms with Crippen molar-refractivity contribution in [2.45, 2.75) is 12.5 Å². The molecule has 0 fully saturated rings. The number of amides is 2. The van der Waals surface area contributed by atoms with E-state index in [4.69, 9.17) is 16.3 Å². The van der Waals surface area contributed by atoms with Gasteiger partial charge in [0.1, 0.15) is 6.04 Å². The van der Waals surface area contributed by atoms with Crippen molar-refractivity contribution in [3.05, 3.63) is 113 Å². The molecular formula is C30H24ClN3O4. The van der Waals surface area contributed by atoms with E-state index in [-0.39, 0.29) is 17.0 Å². The molecule has 8 heteroatoms. The predicted molar refractivity (Wildman–Crippen MR) is 148 cm³/mol. The summed E-state index contributed by atoms with van der Waals surface area (Å²) in [6, 6.07) is 26.5. The minimum atomic E-state index is -1.05. The van der Waals surface area contributed by atoms with E-state index in [2.05, 4.69) is 15.6 Å². The molecule has 1 atom stereocenters. The van der Waals surface area contributed by atoms with E-state index in [0.717, 1.165) is 27.2 Å². The van der Waals surface area contributed by atoms with Gasteiger partial charge in [-0.1, -0.05) is 72.3 Å². The van der Waals surface area contributed by atoms with Crippen LogP contribution in [0.1, 0.15) is 15.9 Å². The van der Waals surface area contributed by atoms with Crippen LogP contribution in [0.3, 0.4) is 0 Å². The lowest BCUT2D eigenvalue weighted by Gasteiger charge is -2.18. The first kappa shape index (κ1) is 25.0. The molecule has 3 N–H and O–H groups in total. The smallest absolute Gasteiger partial charge is 0.329 e. The third-order valence-corrected chi connectivity index (χ3v) is 6.52. The molecular weight excluding hydrogens is 502 g/mol. The Balaban J connectivity index is 1.29. The molecule has 1 aromatic heterocycles. The van der Waals surface area contributed by atoms with Gasteiger partial charge in [-0.05, 0) is 46.7 Å². The van der Waals surface area contributed by atoms with Gasteiger partial charge in [-0.3, -0.25) is 9.59 Å². The van der Waals surface area contributed by atoms with Crippen molar-refractivity contribution in [2.24, 2.45) is 0 Å². The van der Waals surface area contributed by atoms with Gasteiger partial charge in [-0.15, -0.1) is 0 Å². The lowest BCUT2D eigenvalue weighted by molar-refractivity contribution is -0.149. The molecule has 190 valence electrons. The summed E-state index contributed by atoms with van der Waals surface area (Å²) in [7, 11) is 0. The van der Waals surface area contributed by atoms with Crippen LogP contribution in [-0.2, 0) is 20.7 Å². The largest absolute Gasteiger partial charge is 0.454 e. The Kier molecular flexibility index (Phi) is 7.38. The van der Waals surface area contributed by atoms with E-state index in [1.165, 1.54) is 0 Å². The minimum absolute atomic E-state index is 0.158. The Morgan fingerprint density at radius 2 is 1.61 bits per heavy atom. The number of fused-ring (bicyclic) bond motifs is 2. The summed E-state index contributed by atoms with van der Waals surface area (Å²) in [6.07, 6.45) is 1.95. The fraction of sp³-hybridized carbons (Fsp3) is 0.100. The van der Waals surface area contributed by atoms with Crippen LogP contribution in [0.15, 0.2) is 97.2 Å². The van der Waals surface area contributed by atoms with Crippen LogP contribution in [0.25, 0.3) is 21.7 Å². The van der Waals surface area contributed by atoms with Crippen molar-refractivity contribution < 1.29 is 19.1 Å². The summed E-state index contributed by atoms with van der Waals surface area (Å²) in [5, 5.41) is 8.68. The highest BCUT2D eigenvalue weighted by molar-refractivity contribution is 6.33. The monoisotopic (exact) mass is 525 g/mol. The SMILES string of the molecule is O=C(COC(=O)C(Cc1c[nH]c2ccccc12)NC(=O)c1ccccc1Cl)Nc1ccc2ccccc2c1. The van der Waals surface area contributed by atoms with Crippen molar-refractivity contribution in [3.63, 3.8) is 0 Å². The lowest BCUT2D eigenvalue weighted by atomic mass is 10.0. The standard InChI is InChI=1S/C30H24ClN3O4/c31-25-11-5-3-10-24(25)29(36)34-27(16-21-17-32-26-12-6-4-9-23(21)26)30(37)38-18-28(35)33-22-14-13-19-7-1-2-8-20(19)15-22/h1-15,17,27,32H,16,18H2,(H,33,35)(H,34,36). The fourth-order valence-electron chi connectivity index (χ4n) is 4.30. The molecule has 2 amide bonds. The molecule has 38 heavy (non-hydrogen) atoms. The van der Waals surface area contributed by atoms with Crippen LogP contribution in [0, 0.1) is 0 Å². The Bertz CT molecular complexity index is 1650. The number of aromatic amines is 1. The number of hydrogen-bond acceptors (Lipinski definition) is 4. The van der Waals surface area contributed by atoms with Gasteiger partial charge >= 0.3 is 5.97 Å². The van der Waals surface area contributed by atoms with Gasteiger partial charge in [0.25, 0.3) is 11.8 Å². The molecule has 4 aromatic carbocycles. The van der Waals surface area contributed by atoms with Crippen LogP contribution in [-0.4, -0.2) is 35.4 Å². The molecule has 0 aliphatic heterocycles. The highest BCUT2D eigenvalue weighted by atomic mass is 35.5. The fourth-order valence-corrected chi connectivity index (χ4v) is 4.52. The lowest BCUT2D eigenvalue weighted by Crippen LogP contribution is -2.44. The molecule has 0 aliphatic rings. The zero-order valence-corrected chi connectivity index (χ0v) is 21.0. The summed E-state index contributed by atoms with van der Waals surface area (Å²) in [5.41, 5.74) is 2.55. The number of esters is 1. The molecule has 1 unspecified atom stereocenters. The summed E-state index contributed by atoms with van der Waals surface area (Å²) < 4.78 is 5.34. The number of aromatic nitrogens is 1.